The number of pyridine rings is 1. The summed E-state index contributed by atoms with van der Waals surface area (Å²) in [5, 5.41) is 40.9. The van der Waals surface area contributed by atoms with E-state index in [0.29, 0.717) is 6.54 Å². The van der Waals surface area contributed by atoms with Crippen LogP contribution in [0.15, 0.2) is 24.5 Å². The van der Waals surface area contributed by atoms with Gasteiger partial charge in [-0.3, -0.25) is 9.82 Å². The number of nitrogens with zero attached hydrogens (tertiary/aromatic N) is 2. The average molecular weight is 479 g/mol. The second-order valence-electron chi connectivity index (χ2n) is 8.84. The van der Waals surface area contributed by atoms with Crippen LogP contribution in [0.2, 0.25) is 0 Å². The molecular weight excluding hydrogens is 436 g/mol. The molecule has 34 heavy (non-hydrogen) atoms. The van der Waals surface area contributed by atoms with E-state index in [1.807, 2.05) is 12.3 Å². The van der Waals surface area contributed by atoms with E-state index in [9.17, 15) is 20.4 Å². The molecule has 0 aromatic carbocycles. The molecule has 2 rings (SSSR count). The summed E-state index contributed by atoms with van der Waals surface area (Å²) in [6.07, 6.45) is 9.59. The van der Waals surface area contributed by atoms with Gasteiger partial charge < -0.3 is 25.2 Å². The summed E-state index contributed by atoms with van der Waals surface area (Å²) in [6.45, 7) is 0.0798. The predicted octanol–water partition coefficient (Wildman–Crippen LogP) is 2.19. The van der Waals surface area contributed by atoms with Gasteiger partial charge in [0.2, 0.25) is 0 Å². The van der Waals surface area contributed by atoms with Crippen molar-refractivity contribution < 1.29 is 30.0 Å². The molecule has 0 bridgehead atoms. The molecule has 1 fully saturated rings. The van der Waals surface area contributed by atoms with Crippen LogP contribution in [0, 0.1) is 11.8 Å². The Hall–Kier alpha value is -1.57. The molecule has 2 unspecified atom stereocenters. The molecule has 1 saturated heterocycles. The molecule has 8 nitrogen and oxygen atoms in total. The van der Waals surface area contributed by atoms with E-state index < -0.39 is 37.3 Å². The van der Waals surface area contributed by atoms with E-state index in [-0.39, 0.29) is 0 Å². The number of ether oxygens (including phenoxy) is 1. The van der Waals surface area contributed by atoms with Gasteiger partial charge in [0.25, 0.3) is 0 Å². The Morgan fingerprint density at radius 1 is 0.941 bits per heavy atom. The number of aliphatic hydroxyl groups is 4. The number of unbranched alkanes of at least 4 members (excludes halogenated alkanes) is 8. The van der Waals surface area contributed by atoms with Crippen molar-refractivity contribution in [3.8, 4) is 11.8 Å². The molecule has 0 saturated carbocycles. The van der Waals surface area contributed by atoms with Gasteiger partial charge in [-0.25, -0.2) is 0 Å². The lowest BCUT2D eigenvalue weighted by molar-refractivity contribution is -0.328. The maximum absolute atomic E-state index is 10.2. The smallest absolute Gasteiger partial charge is 0.162 e. The summed E-state index contributed by atoms with van der Waals surface area (Å²) < 4.78 is 5.55. The molecule has 0 spiro atoms. The minimum atomic E-state index is -1.40. The number of rotatable bonds is 15. The Labute approximate surface area is 203 Å². The van der Waals surface area contributed by atoms with Crippen molar-refractivity contribution in [3.63, 3.8) is 0 Å². The minimum Gasteiger partial charge on any atom is -0.394 e. The Bertz CT molecular complexity index is 708. The molecule has 0 amide bonds. The number of hydrogen-bond acceptors (Lipinski definition) is 8. The van der Waals surface area contributed by atoms with Crippen LogP contribution >= 0.6 is 0 Å². The molecule has 1 aromatic rings. The van der Waals surface area contributed by atoms with Gasteiger partial charge in [-0.2, -0.15) is 5.06 Å². The van der Waals surface area contributed by atoms with Gasteiger partial charge >= 0.3 is 0 Å². The van der Waals surface area contributed by atoms with Crippen LogP contribution in [-0.4, -0.2) is 81.4 Å². The normalized spacial score (nSPS) is 24.7. The van der Waals surface area contributed by atoms with Gasteiger partial charge in [0.15, 0.2) is 6.23 Å². The Morgan fingerprint density at radius 3 is 2.26 bits per heavy atom. The van der Waals surface area contributed by atoms with E-state index in [1.54, 1.807) is 6.20 Å². The van der Waals surface area contributed by atoms with Crippen LogP contribution in [0.25, 0.3) is 0 Å². The fraction of sp³-hybridized carbons (Fsp3) is 0.731. The largest absolute Gasteiger partial charge is 0.394 e. The first-order valence-corrected chi connectivity index (χ1v) is 12.5. The molecule has 4 N–H and O–H groups in total. The molecule has 192 valence electrons. The molecule has 1 aliphatic heterocycles. The van der Waals surface area contributed by atoms with Crippen LogP contribution in [-0.2, 0) is 16.0 Å². The van der Waals surface area contributed by atoms with Crippen molar-refractivity contribution in [1.82, 2.24) is 10.0 Å². The van der Waals surface area contributed by atoms with Gasteiger partial charge in [-0.05, 0) is 30.9 Å². The summed E-state index contributed by atoms with van der Waals surface area (Å²) in [5.41, 5.74) is 1.24. The van der Waals surface area contributed by atoms with Gasteiger partial charge in [-0.1, -0.05) is 44.6 Å². The zero-order valence-corrected chi connectivity index (χ0v) is 20.4. The highest BCUT2D eigenvalue weighted by atomic mass is 16.7. The van der Waals surface area contributed by atoms with Crippen molar-refractivity contribution in [1.29, 1.82) is 0 Å². The molecular formula is C26H42N2O6. The number of aryl methyl sites for hydroxylation is 1. The maximum Gasteiger partial charge on any atom is 0.162 e. The van der Waals surface area contributed by atoms with E-state index in [2.05, 4.69) is 22.9 Å². The third-order valence-corrected chi connectivity index (χ3v) is 6.20. The van der Waals surface area contributed by atoms with E-state index in [0.717, 1.165) is 44.9 Å². The van der Waals surface area contributed by atoms with Crippen molar-refractivity contribution >= 4 is 0 Å². The molecule has 0 radical (unpaired) electrons. The Balaban J connectivity index is 1.47. The summed E-state index contributed by atoms with van der Waals surface area (Å²) in [4.78, 5) is 9.44. The predicted molar refractivity (Wildman–Crippen MR) is 129 cm³/mol. The van der Waals surface area contributed by atoms with E-state index >= 15 is 0 Å². The second kappa shape index (κ2) is 17.0. The molecule has 1 aromatic heterocycles. The van der Waals surface area contributed by atoms with Crippen LogP contribution in [0.3, 0.4) is 0 Å². The monoisotopic (exact) mass is 478 g/mol. The highest BCUT2D eigenvalue weighted by molar-refractivity contribution is 5.11. The minimum absolute atomic E-state index is 0.447. The third kappa shape index (κ3) is 9.96. The lowest BCUT2D eigenvalue weighted by atomic mass is 9.98. The molecule has 8 heteroatoms. The standard InChI is InChI=1S/C26H42N2O6/c1-33-28(26-25(32)24(31)23(30)22(20-29)34-26)18-13-11-9-7-5-3-2-4-6-8-10-12-15-21-16-14-17-27-19-21/h14,16-17,19,22-26,29-32H,2-7,9,11-13,15,18,20H2,1H3/t22?,23-,24+,25?,26-/m1/s1. The number of aromatic nitrogens is 1. The van der Waals surface area contributed by atoms with Crippen LogP contribution in [0.4, 0.5) is 0 Å². The van der Waals surface area contributed by atoms with Gasteiger partial charge in [0.1, 0.15) is 24.4 Å². The van der Waals surface area contributed by atoms with Gasteiger partial charge in [0, 0.05) is 31.8 Å². The molecule has 1 aliphatic rings. The molecule has 0 aliphatic carbocycles. The second-order valence-corrected chi connectivity index (χ2v) is 8.84. The Morgan fingerprint density at radius 2 is 1.62 bits per heavy atom. The van der Waals surface area contributed by atoms with Crippen molar-refractivity contribution in [3.05, 3.63) is 30.1 Å². The summed E-state index contributed by atoms with van der Waals surface area (Å²) >= 11 is 0. The van der Waals surface area contributed by atoms with Gasteiger partial charge in [-0.15, -0.1) is 11.8 Å². The highest BCUT2D eigenvalue weighted by Crippen LogP contribution is 2.24. The Kier molecular flexibility index (Phi) is 14.3. The summed E-state index contributed by atoms with van der Waals surface area (Å²) in [6, 6.07) is 4.05. The summed E-state index contributed by atoms with van der Waals surface area (Å²) in [7, 11) is 1.48. The lowest BCUT2D eigenvalue weighted by Gasteiger charge is -2.43. The lowest BCUT2D eigenvalue weighted by Crippen LogP contribution is -2.63. The quantitative estimate of drug-likeness (QED) is 0.172. The first kappa shape index (κ1) is 28.7. The SMILES string of the molecule is CON(CCCCCCCCCCC#CCCc1cccnc1)[C@@H]1OC(CO)[C@@H](O)[C@H](O)C1O. The summed E-state index contributed by atoms with van der Waals surface area (Å²) in [5.74, 6) is 6.53. The zero-order valence-electron chi connectivity index (χ0n) is 20.4. The maximum atomic E-state index is 10.2. The number of aliphatic hydroxyl groups excluding tert-OH is 4. The average Bonchev–Trinajstić information content (AvgIpc) is 2.86. The number of hydrogen-bond donors (Lipinski definition) is 4. The number of hydroxylamine groups is 2. The van der Waals surface area contributed by atoms with Crippen molar-refractivity contribution in [2.45, 2.75) is 101 Å². The first-order chi connectivity index (χ1) is 16.6. The first-order valence-electron chi connectivity index (χ1n) is 12.5. The van der Waals surface area contributed by atoms with Gasteiger partial charge in [0.05, 0.1) is 13.7 Å². The van der Waals surface area contributed by atoms with Crippen LogP contribution < -0.4 is 0 Å². The molecule has 2 heterocycles. The van der Waals surface area contributed by atoms with E-state index in [4.69, 9.17) is 9.57 Å². The fourth-order valence-electron chi connectivity index (χ4n) is 4.11. The third-order valence-electron chi connectivity index (χ3n) is 6.20. The van der Waals surface area contributed by atoms with E-state index in [1.165, 1.54) is 43.4 Å². The topological polar surface area (TPSA) is 116 Å². The van der Waals surface area contributed by atoms with Crippen LogP contribution in [0.1, 0.15) is 69.8 Å². The van der Waals surface area contributed by atoms with Crippen LogP contribution in [0.5, 0.6) is 0 Å². The highest BCUT2D eigenvalue weighted by Gasteiger charge is 2.45. The van der Waals surface area contributed by atoms with Crippen molar-refractivity contribution in [2.75, 3.05) is 20.3 Å². The fourth-order valence-corrected chi connectivity index (χ4v) is 4.11. The zero-order chi connectivity index (χ0) is 24.6. The molecule has 5 atom stereocenters. The van der Waals surface area contributed by atoms with Crippen molar-refractivity contribution in [2.24, 2.45) is 0 Å².